The zero-order valence-electron chi connectivity index (χ0n) is 15.8. The Morgan fingerprint density at radius 3 is 2.60 bits per heavy atom. The Hall–Kier alpha value is -1.97. The Labute approximate surface area is 150 Å². The lowest BCUT2D eigenvalue weighted by Crippen LogP contribution is -2.42. The van der Waals surface area contributed by atoms with Crippen LogP contribution in [0.25, 0.3) is 0 Å². The fourth-order valence-electron chi connectivity index (χ4n) is 4.67. The quantitative estimate of drug-likeness (QED) is 0.800. The highest BCUT2D eigenvalue weighted by Gasteiger charge is 2.60. The van der Waals surface area contributed by atoms with Crippen LogP contribution in [-0.2, 0) is 11.2 Å². The number of fused-ring (bicyclic) bond motifs is 2. The van der Waals surface area contributed by atoms with E-state index in [9.17, 15) is 4.79 Å². The molecule has 2 aliphatic rings. The van der Waals surface area contributed by atoms with Crippen LogP contribution in [0.15, 0.2) is 30.4 Å². The lowest BCUT2D eigenvalue weighted by atomic mass is 9.68. The molecule has 3 rings (SSSR count). The molecule has 4 nitrogen and oxygen atoms in total. The molecule has 0 aliphatic heterocycles. The van der Waals surface area contributed by atoms with Crippen molar-refractivity contribution in [2.24, 2.45) is 16.7 Å². The monoisotopic (exact) mass is 343 g/mol. The van der Waals surface area contributed by atoms with E-state index in [0.717, 1.165) is 48.3 Å². The maximum atomic E-state index is 12.9. The summed E-state index contributed by atoms with van der Waals surface area (Å²) in [7, 11) is 3.26. The van der Waals surface area contributed by atoms with Gasteiger partial charge in [0.2, 0.25) is 5.91 Å². The molecular weight excluding hydrogens is 314 g/mol. The van der Waals surface area contributed by atoms with E-state index in [-0.39, 0.29) is 16.7 Å². The topological polar surface area (TPSA) is 47.6 Å². The van der Waals surface area contributed by atoms with Crippen molar-refractivity contribution in [3.8, 4) is 11.5 Å². The predicted molar refractivity (Wildman–Crippen MR) is 99.0 cm³/mol. The molecule has 0 radical (unpaired) electrons. The Kier molecular flexibility index (Phi) is 4.56. The van der Waals surface area contributed by atoms with Gasteiger partial charge in [-0.2, -0.15) is 0 Å². The van der Waals surface area contributed by atoms with Crippen LogP contribution in [0.1, 0.15) is 38.7 Å². The van der Waals surface area contributed by atoms with Gasteiger partial charge in [0.1, 0.15) is 0 Å². The summed E-state index contributed by atoms with van der Waals surface area (Å²) in [5.41, 5.74) is 1.98. The van der Waals surface area contributed by atoms with Gasteiger partial charge < -0.3 is 14.8 Å². The number of carbonyl (C=O) groups is 1. The van der Waals surface area contributed by atoms with E-state index in [1.165, 1.54) is 0 Å². The molecule has 4 heteroatoms. The molecule has 25 heavy (non-hydrogen) atoms. The molecule has 0 saturated heterocycles. The largest absolute Gasteiger partial charge is 0.493 e. The number of rotatable bonds is 6. The van der Waals surface area contributed by atoms with Gasteiger partial charge in [0, 0.05) is 6.54 Å². The van der Waals surface area contributed by atoms with Crippen LogP contribution in [0.2, 0.25) is 0 Å². The fraction of sp³-hybridized carbons (Fsp3) is 0.571. The third-order valence-electron chi connectivity index (χ3n) is 6.47. The third-order valence-corrected chi connectivity index (χ3v) is 6.47. The highest BCUT2D eigenvalue weighted by molar-refractivity contribution is 5.87. The maximum absolute atomic E-state index is 12.9. The van der Waals surface area contributed by atoms with Crippen molar-refractivity contribution in [3.05, 3.63) is 35.9 Å². The summed E-state index contributed by atoms with van der Waals surface area (Å²) in [5, 5.41) is 3.15. The van der Waals surface area contributed by atoms with E-state index in [1.54, 1.807) is 14.2 Å². The van der Waals surface area contributed by atoms with E-state index in [1.807, 2.05) is 18.2 Å². The van der Waals surface area contributed by atoms with Crippen molar-refractivity contribution in [1.82, 2.24) is 5.32 Å². The Balaban J connectivity index is 1.61. The standard InChI is InChI=1S/C21H29NO3/c1-14-20(2,3)16-8-10-21(14,13-16)19(23)22-11-9-15-6-7-17(24-4)18(12-15)25-5/h6-7,12,16H,1,8-11,13H2,2-5H3,(H,22,23)/t16-,21+/m1/s1. The number of benzene rings is 1. The molecule has 1 aromatic rings. The van der Waals surface area contributed by atoms with Crippen LogP contribution in [0, 0.1) is 16.7 Å². The first kappa shape index (κ1) is 17.8. The van der Waals surface area contributed by atoms with Gasteiger partial charge in [-0.25, -0.2) is 0 Å². The Morgan fingerprint density at radius 2 is 2.00 bits per heavy atom. The third kappa shape index (κ3) is 2.82. The Bertz CT molecular complexity index is 694. The summed E-state index contributed by atoms with van der Waals surface area (Å²) in [6.07, 6.45) is 3.81. The minimum absolute atomic E-state index is 0.0823. The van der Waals surface area contributed by atoms with Crippen LogP contribution in [0.5, 0.6) is 11.5 Å². The van der Waals surface area contributed by atoms with Gasteiger partial charge in [-0.05, 0) is 54.7 Å². The van der Waals surface area contributed by atoms with E-state index >= 15 is 0 Å². The number of hydrogen-bond donors (Lipinski definition) is 1. The molecule has 0 aromatic heterocycles. The molecule has 2 saturated carbocycles. The molecule has 1 amide bonds. The van der Waals surface area contributed by atoms with Gasteiger partial charge in [0.15, 0.2) is 11.5 Å². The molecular formula is C21H29NO3. The molecule has 2 aliphatic carbocycles. The second-order valence-corrected chi connectivity index (χ2v) is 7.92. The number of hydrogen-bond acceptors (Lipinski definition) is 3. The van der Waals surface area contributed by atoms with Crippen LogP contribution in [0.4, 0.5) is 0 Å². The number of ether oxygens (including phenoxy) is 2. The van der Waals surface area contributed by atoms with Crippen LogP contribution in [-0.4, -0.2) is 26.7 Å². The van der Waals surface area contributed by atoms with Crippen molar-refractivity contribution in [1.29, 1.82) is 0 Å². The molecule has 0 heterocycles. The van der Waals surface area contributed by atoms with E-state index < -0.39 is 0 Å². The second-order valence-electron chi connectivity index (χ2n) is 7.92. The minimum Gasteiger partial charge on any atom is -0.493 e. The van der Waals surface area contributed by atoms with Gasteiger partial charge in [-0.1, -0.05) is 32.1 Å². The van der Waals surface area contributed by atoms with E-state index in [0.29, 0.717) is 12.5 Å². The average molecular weight is 343 g/mol. The molecule has 2 bridgehead atoms. The first-order valence-electron chi connectivity index (χ1n) is 9.04. The van der Waals surface area contributed by atoms with Gasteiger partial charge in [0.25, 0.3) is 0 Å². The fourth-order valence-corrected chi connectivity index (χ4v) is 4.67. The lowest BCUT2D eigenvalue weighted by Gasteiger charge is -2.37. The molecule has 2 fully saturated rings. The molecule has 1 aromatic carbocycles. The normalized spacial score (nSPS) is 26.6. The lowest BCUT2D eigenvalue weighted by molar-refractivity contribution is -0.128. The van der Waals surface area contributed by atoms with Crippen LogP contribution in [0.3, 0.4) is 0 Å². The van der Waals surface area contributed by atoms with E-state index in [2.05, 4.69) is 25.7 Å². The highest BCUT2D eigenvalue weighted by atomic mass is 16.5. The zero-order valence-corrected chi connectivity index (χ0v) is 15.8. The van der Waals surface area contributed by atoms with Crippen molar-refractivity contribution in [2.45, 2.75) is 39.5 Å². The van der Waals surface area contributed by atoms with E-state index in [4.69, 9.17) is 9.47 Å². The minimum atomic E-state index is -0.342. The maximum Gasteiger partial charge on any atom is 0.230 e. The summed E-state index contributed by atoms with van der Waals surface area (Å²) in [6.45, 7) is 9.39. The SMILES string of the molecule is C=C1C(C)(C)[C@@H]2CC[C@]1(C(=O)NCCc1ccc(OC)c(OC)c1)C2. The van der Waals surface area contributed by atoms with Gasteiger partial charge in [0.05, 0.1) is 19.6 Å². The van der Waals surface area contributed by atoms with Crippen molar-refractivity contribution < 1.29 is 14.3 Å². The second kappa shape index (κ2) is 6.40. The van der Waals surface area contributed by atoms with Crippen molar-refractivity contribution in [2.75, 3.05) is 20.8 Å². The zero-order chi connectivity index (χ0) is 18.2. The van der Waals surface area contributed by atoms with Crippen LogP contribution >= 0.6 is 0 Å². The molecule has 1 N–H and O–H groups in total. The van der Waals surface area contributed by atoms with Crippen LogP contribution < -0.4 is 14.8 Å². The number of carbonyl (C=O) groups excluding carboxylic acids is 1. The summed E-state index contributed by atoms with van der Waals surface area (Å²) < 4.78 is 10.6. The van der Waals surface area contributed by atoms with Gasteiger partial charge >= 0.3 is 0 Å². The summed E-state index contributed by atoms with van der Waals surface area (Å²) >= 11 is 0. The smallest absolute Gasteiger partial charge is 0.230 e. The van der Waals surface area contributed by atoms with Crippen molar-refractivity contribution in [3.63, 3.8) is 0 Å². The molecule has 2 atom stereocenters. The predicted octanol–water partition coefficient (Wildman–Crippen LogP) is 3.75. The average Bonchev–Trinajstić information content (AvgIpc) is 3.14. The number of nitrogens with one attached hydrogen (secondary N) is 1. The first-order chi connectivity index (χ1) is 11.8. The molecule has 136 valence electrons. The number of amides is 1. The summed E-state index contributed by atoms with van der Waals surface area (Å²) in [5.74, 6) is 2.19. The first-order valence-corrected chi connectivity index (χ1v) is 9.04. The van der Waals surface area contributed by atoms with Gasteiger partial charge in [-0.15, -0.1) is 0 Å². The number of methoxy groups -OCH3 is 2. The highest BCUT2D eigenvalue weighted by Crippen LogP contribution is 2.65. The molecule has 0 unspecified atom stereocenters. The van der Waals surface area contributed by atoms with Gasteiger partial charge in [-0.3, -0.25) is 4.79 Å². The summed E-state index contributed by atoms with van der Waals surface area (Å²) in [6, 6.07) is 5.87. The van der Waals surface area contributed by atoms with Crippen molar-refractivity contribution >= 4 is 5.91 Å². The Morgan fingerprint density at radius 1 is 1.28 bits per heavy atom. The summed E-state index contributed by atoms with van der Waals surface area (Å²) in [4.78, 5) is 12.9. The molecule has 0 spiro atoms.